The average molecular weight is 285 g/mol. The van der Waals surface area contributed by atoms with Gasteiger partial charge in [-0.15, -0.1) is 0 Å². The van der Waals surface area contributed by atoms with Crippen LogP contribution in [0.15, 0.2) is 48.5 Å². The summed E-state index contributed by atoms with van der Waals surface area (Å²) in [5.74, 6) is 0.865. The molecule has 0 bridgehead atoms. The Kier molecular flexibility index (Phi) is 5.78. The molecule has 2 rings (SSSR count). The minimum atomic E-state index is 0.0540. The third-order valence-electron chi connectivity index (χ3n) is 3.54. The molecule has 0 saturated heterocycles. The van der Waals surface area contributed by atoms with Crippen LogP contribution in [-0.4, -0.2) is 20.7 Å². The lowest BCUT2D eigenvalue weighted by Gasteiger charge is -2.20. The van der Waals surface area contributed by atoms with Crippen LogP contribution < -0.4 is 10.1 Å². The Bertz CT molecular complexity index is 551. The maximum atomic E-state index is 6.11. The van der Waals surface area contributed by atoms with Gasteiger partial charge < -0.3 is 14.8 Å². The molecule has 112 valence electrons. The molecule has 0 heterocycles. The molecule has 0 aliphatic rings. The van der Waals surface area contributed by atoms with Crippen molar-refractivity contribution >= 4 is 0 Å². The van der Waals surface area contributed by atoms with Crippen LogP contribution >= 0.6 is 0 Å². The average Bonchev–Trinajstić information content (AvgIpc) is 2.53. The third kappa shape index (κ3) is 4.31. The number of benzene rings is 2. The first kappa shape index (κ1) is 15.5. The largest absolute Gasteiger partial charge is 0.497 e. The van der Waals surface area contributed by atoms with Crippen molar-refractivity contribution in [1.82, 2.24) is 5.32 Å². The van der Waals surface area contributed by atoms with Gasteiger partial charge in [0.15, 0.2) is 0 Å². The van der Waals surface area contributed by atoms with E-state index >= 15 is 0 Å². The van der Waals surface area contributed by atoms with E-state index in [0.717, 1.165) is 17.9 Å². The van der Waals surface area contributed by atoms with Gasteiger partial charge in [-0.2, -0.15) is 0 Å². The van der Waals surface area contributed by atoms with Crippen molar-refractivity contribution < 1.29 is 9.47 Å². The van der Waals surface area contributed by atoms with Crippen LogP contribution in [0.5, 0.6) is 5.75 Å². The van der Waals surface area contributed by atoms with Gasteiger partial charge in [0.2, 0.25) is 0 Å². The van der Waals surface area contributed by atoms with E-state index in [1.54, 1.807) is 7.11 Å². The van der Waals surface area contributed by atoms with Crippen LogP contribution in [0, 0.1) is 6.92 Å². The van der Waals surface area contributed by atoms with E-state index in [4.69, 9.17) is 9.47 Å². The molecular weight excluding hydrogens is 262 g/mol. The predicted molar refractivity (Wildman–Crippen MR) is 85.6 cm³/mol. The fourth-order valence-corrected chi connectivity index (χ4v) is 2.31. The molecule has 2 aromatic rings. The molecule has 1 unspecified atom stereocenters. The Balaban J connectivity index is 2.04. The molecule has 1 N–H and O–H groups in total. The van der Waals surface area contributed by atoms with Crippen LogP contribution in [0.1, 0.15) is 22.8 Å². The Labute approximate surface area is 126 Å². The SMILES string of the molecule is CNCC(OCc1ccc(OC)cc1)c1ccccc1C. The number of ether oxygens (including phenoxy) is 2. The second-order valence-electron chi connectivity index (χ2n) is 5.06. The highest BCUT2D eigenvalue weighted by Gasteiger charge is 2.13. The van der Waals surface area contributed by atoms with E-state index in [-0.39, 0.29) is 6.10 Å². The summed E-state index contributed by atoms with van der Waals surface area (Å²) in [6.07, 6.45) is 0.0540. The Hall–Kier alpha value is -1.84. The van der Waals surface area contributed by atoms with Crippen LogP contribution in [0.25, 0.3) is 0 Å². The number of rotatable bonds is 7. The van der Waals surface area contributed by atoms with Crippen molar-refractivity contribution in [2.45, 2.75) is 19.6 Å². The van der Waals surface area contributed by atoms with Gasteiger partial charge in [0, 0.05) is 6.54 Å². The Morgan fingerprint density at radius 2 is 1.76 bits per heavy atom. The monoisotopic (exact) mass is 285 g/mol. The summed E-state index contributed by atoms with van der Waals surface area (Å²) < 4.78 is 11.3. The summed E-state index contributed by atoms with van der Waals surface area (Å²) in [7, 11) is 3.62. The molecule has 3 heteroatoms. The number of methoxy groups -OCH3 is 1. The van der Waals surface area contributed by atoms with Crippen molar-refractivity contribution in [3.05, 3.63) is 65.2 Å². The summed E-state index contributed by atoms with van der Waals surface area (Å²) in [4.78, 5) is 0. The lowest BCUT2D eigenvalue weighted by molar-refractivity contribution is 0.0406. The summed E-state index contributed by atoms with van der Waals surface area (Å²) in [5, 5.41) is 3.20. The topological polar surface area (TPSA) is 30.5 Å². The van der Waals surface area contributed by atoms with Crippen LogP contribution in [0.4, 0.5) is 0 Å². The van der Waals surface area contributed by atoms with E-state index in [1.807, 2.05) is 31.3 Å². The lowest BCUT2D eigenvalue weighted by Crippen LogP contribution is -2.20. The molecular formula is C18H23NO2. The first-order valence-electron chi connectivity index (χ1n) is 7.19. The maximum absolute atomic E-state index is 6.11. The zero-order chi connectivity index (χ0) is 15.1. The minimum absolute atomic E-state index is 0.0540. The summed E-state index contributed by atoms with van der Waals surface area (Å²) >= 11 is 0. The zero-order valence-corrected chi connectivity index (χ0v) is 12.9. The molecule has 0 radical (unpaired) electrons. The quantitative estimate of drug-likeness (QED) is 0.845. The number of likely N-dealkylation sites (N-methyl/N-ethyl adjacent to an activating group) is 1. The van der Waals surface area contributed by atoms with Gasteiger partial charge in [0.05, 0.1) is 19.8 Å². The minimum Gasteiger partial charge on any atom is -0.497 e. The molecule has 1 atom stereocenters. The van der Waals surface area contributed by atoms with Gasteiger partial charge in [-0.05, 0) is 42.8 Å². The highest BCUT2D eigenvalue weighted by molar-refractivity contribution is 5.29. The molecule has 0 spiro atoms. The second kappa shape index (κ2) is 7.81. The van der Waals surface area contributed by atoms with Crippen molar-refractivity contribution in [3.63, 3.8) is 0 Å². The molecule has 0 fully saturated rings. The standard InChI is InChI=1S/C18H23NO2/c1-14-6-4-5-7-17(14)18(12-19-2)21-13-15-8-10-16(20-3)11-9-15/h4-11,18-19H,12-13H2,1-3H3. The van der Waals surface area contributed by atoms with Crippen molar-refractivity contribution in [1.29, 1.82) is 0 Å². The molecule has 0 amide bonds. The maximum Gasteiger partial charge on any atom is 0.118 e. The van der Waals surface area contributed by atoms with Gasteiger partial charge >= 0.3 is 0 Å². The number of nitrogens with one attached hydrogen (secondary N) is 1. The summed E-state index contributed by atoms with van der Waals surface area (Å²) in [6, 6.07) is 16.3. The van der Waals surface area contributed by atoms with E-state index in [9.17, 15) is 0 Å². The van der Waals surface area contributed by atoms with Crippen LogP contribution in [0.2, 0.25) is 0 Å². The Morgan fingerprint density at radius 1 is 1.05 bits per heavy atom. The highest BCUT2D eigenvalue weighted by Crippen LogP contribution is 2.22. The molecule has 0 aliphatic carbocycles. The molecule has 0 aliphatic heterocycles. The number of hydrogen-bond donors (Lipinski definition) is 1. The smallest absolute Gasteiger partial charge is 0.118 e. The predicted octanol–water partition coefficient (Wildman–Crippen LogP) is 3.48. The lowest BCUT2D eigenvalue weighted by atomic mass is 10.0. The van der Waals surface area contributed by atoms with Gasteiger partial charge in [-0.25, -0.2) is 0 Å². The Morgan fingerprint density at radius 3 is 2.38 bits per heavy atom. The van der Waals surface area contributed by atoms with Gasteiger partial charge in [0.25, 0.3) is 0 Å². The normalized spacial score (nSPS) is 12.1. The molecule has 2 aromatic carbocycles. The third-order valence-corrected chi connectivity index (χ3v) is 3.54. The van der Waals surface area contributed by atoms with Crippen molar-refractivity contribution in [3.8, 4) is 5.75 Å². The first-order chi connectivity index (χ1) is 10.2. The van der Waals surface area contributed by atoms with Gasteiger partial charge in [-0.1, -0.05) is 36.4 Å². The zero-order valence-electron chi connectivity index (χ0n) is 12.9. The number of aryl methyl sites for hydroxylation is 1. The van der Waals surface area contributed by atoms with E-state index in [0.29, 0.717) is 6.61 Å². The summed E-state index contributed by atoms with van der Waals surface area (Å²) in [5.41, 5.74) is 3.64. The first-order valence-corrected chi connectivity index (χ1v) is 7.19. The highest BCUT2D eigenvalue weighted by atomic mass is 16.5. The molecule has 21 heavy (non-hydrogen) atoms. The van der Waals surface area contributed by atoms with E-state index in [2.05, 4.69) is 36.5 Å². The van der Waals surface area contributed by atoms with Crippen LogP contribution in [-0.2, 0) is 11.3 Å². The van der Waals surface area contributed by atoms with Gasteiger partial charge in [0.1, 0.15) is 5.75 Å². The van der Waals surface area contributed by atoms with E-state index < -0.39 is 0 Å². The van der Waals surface area contributed by atoms with Crippen molar-refractivity contribution in [2.75, 3.05) is 20.7 Å². The summed E-state index contributed by atoms with van der Waals surface area (Å²) in [6.45, 7) is 3.50. The fourth-order valence-electron chi connectivity index (χ4n) is 2.31. The molecule has 0 saturated carbocycles. The van der Waals surface area contributed by atoms with Crippen LogP contribution in [0.3, 0.4) is 0 Å². The molecule has 3 nitrogen and oxygen atoms in total. The molecule has 0 aromatic heterocycles. The second-order valence-corrected chi connectivity index (χ2v) is 5.06. The number of hydrogen-bond acceptors (Lipinski definition) is 3. The fraction of sp³-hybridized carbons (Fsp3) is 0.333. The van der Waals surface area contributed by atoms with Gasteiger partial charge in [-0.3, -0.25) is 0 Å². The van der Waals surface area contributed by atoms with Crippen molar-refractivity contribution in [2.24, 2.45) is 0 Å². The van der Waals surface area contributed by atoms with E-state index in [1.165, 1.54) is 11.1 Å².